The average Bonchev–Trinajstić information content (AvgIpc) is 3.14. The van der Waals surface area contributed by atoms with Crippen molar-refractivity contribution in [1.82, 2.24) is 10.3 Å². The van der Waals surface area contributed by atoms with E-state index in [2.05, 4.69) is 10.3 Å². The van der Waals surface area contributed by atoms with Crippen molar-refractivity contribution in [1.29, 1.82) is 0 Å². The first-order chi connectivity index (χ1) is 12.4. The van der Waals surface area contributed by atoms with Crippen LogP contribution in [0.4, 0.5) is 14.5 Å². The van der Waals surface area contributed by atoms with E-state index in [0.29, 0.717) is 31.5 Å². The molecule has 3 N–H and O–H groups in total. The molecule has 26 heavy (non-hydrogen) atoms. The summed E-state index contributed by atoms with van der Waals surface area (Å²) in [5, 5.41) is 3.14. The summed E-state index contributed by atoms with van der Waals surface area (Å²) < 4.78 is 33.7. The first-order valence-corrected chi connectivity index (χ1v) is 8.52. The topological polar surface area (TPSA) is 81.1 Å². The molecule has 1 saturated heterocycles. The molecule has 1 fully saturated rings. The number of halogens is 2. The summed E-state index contributed by atoms with van der Waals surface area (Å²) in [6.45, 7) is 0. The lowest BCUT2D eigenvalue weighted by atomic mass is 10.1. The van der Waals surface area contributed by atoms with Gasteiger partial charge in [-0.2, -0.15) is 0 Å². The quantitative estimate of drug-likeness (QED) is 0.394. The number of thioether (sulfide) groups is 1. The van der Waals surface area contributed by atoms with Gasteiger partial charge in [-0.1, -0.05) is 24.0 Å². The molecule has 0 unspecified atom stereocenters. The monoisotopic (exact) mass is 389 g/mol. The molecule has 3 heterocycles. The van der Waals surface area contributed by atoms with Crippen molar-refractivity contribution in [2.75, 3.05) is 5.73 Å². The number of furan rings is 1. The lowest BCUT2D eigenvalue weighted by Gasteiger charge is -2.05. The van der Waals surface area contributed by atoms with Crippen molar-refractivity contribution in [3.05, 3.63) is 52.9 Å². The van der Waals surface area contributed by atoms with Crippen molar-refractivity contribution in [3.8, 4) is 11.1 Å². The van der Waals surface area contributed by atoms with Crippen LogP contribution >= 0.6 is 24.0 Å². The molecule has 9 heteroatoms. The second-order valence-electron chi connectivity index (χ2n) is 5.46. The maximum absolute atomic E-state index is 13.8. The van der Waals surface area contributed by atoms with Gasteiger partial charge in [-0.3, -0.25) is 9.78 Å². The maximum Gasteiger partial charge on any atom is 0.263 e. The van der Waals surface area contributed by atoms with Crippen molar-refractivity contribution in [2.45, 2.75) is 0 Å². The Kier molecular flexibility index (Phi) is 3.97. The van der Waals surface area contributed by atoms with Crippen molar-refractivity contribution in [3.63, 3.8) is 0 Å². The van der Waals surface area contributed by atoms with Crippen LogP contribution in [-0.2, 0) is 4.79 Å². The molecule has 1 aliphatic rings. The van der Waals surface area contributed by atoms with Crippen LogP contribution in [0.15, 0.2) is 39.9 Å². The molecule has 0 aliphatic carbocycles. The molecular formula is C17H9F2N3O2S2. The number of hydrogen-bond acceptors (Lipinski definition) is 6. The van der Waals surface area contributed by atoms with Gasteiger partial charge in [-0.15, -0.1) is 0 Å². The van der Waals surface area contributed by atoms with Gasteiger partial charge in [0, 0.05) is 29.4 Å². The van der Waals surface area contributed by atoms with Crippen LogP contribution in [0.25, 0.3) is 28.2 Å². The molecule has 0 spiro atoms. The number of thiocarbonyl (C=S) groups is 1. The number of fused-ring (bicyclic) bond motifs is 1. The number of nitrogen functional groups attached to an aromatic ring is 1. The summed E-state index contributed by atoms with van der Waals surface area (Å²) in [6, 6.07) is 3.92. The number of benzene rings is 1. The molecule has 3 aromatic rings. The van der Waals surface area contributed by atoms with Gasteiger partial charge in [0.2, 0.25) is 0 Å². The average molecular weight is 389 g/mol. The number of nitrogens with two attached hydrogens (primary N) is 1. The van der Waals surface area contributed by atoms with Crippen LogP contribution in [0.3, 0.4) is 0 Å². The molecule has 1 aliphatic heterocycles. The number of aromatic nitrogens is 1. The van der Waals surface area contributed by atoms with Crippen LogP contribution in [0, 0.1) is 11.6 Å². The van der Waals surface area contributed by atoms with Crippen LogP contribution in [0.1, 0.15) is 5.76 Å². The summed E-state index contributed by atoms with van der Waals surface area (Å²) in [5.74, 6) is -1.63. The van der Waals surface area contributed by atoms with Crippen LogP contribution in [0.2, 0.25) is 0 Å². The number of rotatable bonds is 2. The van der Waals surface area contributed by atoms with E-state index in [1.54, 1.807) is 18.3 Å². The highest BCUT2D eigenvalue weighted by Crippen LogP contribution is 2.34. The minimum atomic E-state index is -0.863. The van der Waals surface area contributed by atoms with Gasteiger partial charge < -0.3 is 15.5 Å². The van der Waals surface area contributed by atoms with Crippen LogP contribution < -0.4 is 11.1 Å². The summed E-state index contributed by atoms with van der Waals surface area (Å²) in [7, 11) is 0. The first-order valence-electron chi connectivity index (χ1n) is 7.29. The van der Waals surface area contributed by atoms with E-state index in [-0.39, 0.29) is 11.5 Å². The number of pyridine rings is 1. The number of anilines is 1. The van der Waals surface area contributed by atoms with Crippen LogP contribution in [0.5, 0.6) is 0 Å². The van der Waals surface area contributed by atoms with E-state index in [1.807, 2.05) is 0 Å². The lowest BCUT2D eigenvalue weighted by Crippen LogP contribution is -2.17. The number of nitrogens with one attached hydrogen (secondary N) is 1. The highest BCUT2D eigenvalue weighted by Gasteiger charge is 2.23. The first kappa shape index (κ1) is 16.7. The van der Waals surface area contributed by atoms with Gasteiger partial charge >= 0.3 is 0 Å². The van der Waals surface area contributed by atoms with Crippen molar-refractivity contribution < 1.29 is 18.0 Å². The Hall–Kier alpha value is -2.78. The SMILES string of the molecule is Nc1c(F)cc(-c2cncc3cc(/C=C4\SC(=S)NC4=O)oc23)cc1F. The van der Waals surface area contributed by atoms with E-state index in [4.69, 9.17) is 22.4 Å². The highest BCUT2D eigenvalue weighted by molar-refractivity contribution is 8.26. The highest BCUT2D eigenvalue weighted by atomic mass is 32.2. The summed E-state index contributed by atoms with van der Waals surface area (Å²) in [5.41, 5.74) is 5.81. The Balaban J connectivity index is 1.83. The normalized spacial score (nSPS) is 15.8. The zero-order chi connectivity index (χ0) is 18.4. The van der Waals surface area contributed by atoms with Crippen LogP contribution in [-0.4, -0.2) is 15.2 Å². The van der Waals surface area contributed by atoms with Crippen molar-refractivity contribution >= 4 is 56.9 Å². The van der Waals surface area contributed by atoms with E-state index < -0.39 is 17.3 Å². The molecule has 1 aromatic carbocycles. The third kappa shape index (κ3) is 2.85. The minimum Gasteiger partial charge on any atom is -0.456 e. The predicted molar refractivity (Wildman–Crippen MR) is 100 cm³/mol. The summed E-state index contributed by atoms with van der Waals surface area (Å²) in [4.78, 5) is 16.2. The molecule has 1 amide bonds. The number of amides is 1. The maximum atomic E-state index is 13.8. The Morgan fingerprint density at radius 1 is 1.23 bits per heavy atom. The molecule has 0 bridgehead atoms. The number of hydrogen-bond donors (Lipinski definition) is 2. The third-order valence-corrected chi connectivity index (χ3v) is 4.91. The van der Waals surface area contributed by atoms with Gasteiger partial charge in [0.1, 0.15) is 33.0 Å². The van der Waals surface area contributed by atoms with Gasteiger partial charge in [-0.05, 0) is 23.8 Å². The van der Waals surface area contributed by atoms with Gasteiger partial charge in [0.25, 0.3) is 5.91 Å². The fourth-order valence-electron chi connectivity index (χ4n) is 2.55. The number of carbonyl (C=O) groups excluding carboxylic acids is 1. The number of nitrogens with zero attached hydrogens (tertiary/aromatic N) is 1. The van der Waals surface area contributed by atoms with E-state index in [9.17, 15) is 13.6 Å². The third-order valence-electron chi connectivity index (χ3n) is 3.75. The molecule has 0 saturated carbocycles. The Bertz CT molecular complexity index is 1100. The smallest absolute Gasteiger partial charge is 0.263 e. The van der Waals surface area contributed by atoms with E-state index in [0.717, 1.165) is 23.9 Å². The Morgan fingerprint density at radius 2 is 1.96 bits per heavy atom. The Labute approximate surface area is 155 Å². The largest absolute Gasteiger partial charge is 0.456 e. The molecule has 4 rings (SSSR count). The molecule has 0 radical (unpaired) electrons. The van der Waals surface area contributed by atoms with Gasteiger partial charge in [0.15, 0.2) is 0 Å². The zero-order valence-corrected chi connectivity index (χ0v) is 14.5. The summed E-state index contributed by atoms with van der Waals surface area (Å²) >= 11 is 6.07. The zero-order valence-electron chi connectivity index (χ0n) is 12.9. The number of carbonyl (C=O) groups is 1. The molecule has 2 aromatic heterocycles. The van der Waals surface area contributed by atoms with Gasteiger partial charge in [-0.25, -0.2) is 8.78 Å². The predicted octanol–water partition coefficient (Wildman–Crippen LogP) is 3.84. The second kappa shape index (κ2) is 6.19. The lowest BCUT2D eigenvalue weighted by molar-refractivity contribution is -0.115. The molecule has 0 atom stereocenters. The second-order valence-corrected chi connectivity index (χ2v) is 7.18. The molecular weight excluding hydrogens is 380 g/mol. The Morgan fingerprint density at radius 3 is 2.62 bits per heavy atom. The van der Waals surface area contributed by atoms with Gasteiger partial charge in [0.05, 0.1) is 4.91 Å². The minimum absolute atomic E-state index is 0.245. The molecule has 5 nitrogen and oxygen atoms in total. The fraction of sp³-hybridized carbons (Fsp3) is 0. The standard InChI is InChI=1S/C17H9F2N3O2S2/c18-11-2-7(3-12(19)14(11)20)10-6-21-5-8-1-9(24-15(8)10)4-13-16(23)22-17(25)26-13/h1-6H,20H2,(H,22,23,25)/b13-4-. The molecule has 130 valence electrons. The van der Waals surface area contributed by atoms with E-state index in [1.165, 1.54) is 6.20 Å². The fourth-order valence-corrected chi connectivity index (χ4v) is 3.57. The summed E-state index contributed by atoms with van der Waals surface area (Å²) in [6.07, 6.45) is 4.55. The van der Waals surface area contributed by atoms with E-state index >= 15 is 0 Å². The van der Waals surface area contributed by atoms with Crippen molar-refractivity contribution in [2.24, 2.45) is 0 Å².